The molecule has 3 rings (SSSR count). The van der Waals surface area contributed by atoms with Gasteiger partial charge in [-0.25, -0.2) is 0 Å². The SMILES string of the molecule is CCC(=S)NCCN1C(=O)C(C)(C)Oc2cc(C)c(C(=O)N(C(C)C)C3CCCCC3)cc21. The van der Waals surface area contributed by atoms with E-state index in [0.29, 0.717) is 30.1 Å². The number of thiocarbonyl (C=S) groups is 1. The lowest BCUT2D eigenvalue weighted by Gasteiger charge is -2.40. The van der Waals surface area contributed by atoms with Crippen LogP contribution in [0.25, 0.3) is 0 Å². The number of nitrogens with one attached hydrogen (secondary N) is 1. The number of anilines is 1. The van der Waals surface area contributed by atoms with Gasteiger partial charge in [0.2, 0.25) is 0 Å². The molecule has 1 N–H and O–H groups in total. The van der Waals surface area contributed by atoms with Crippen LogP contribution in [0.4, 0.5) is 5.69 Å². The molecule has 0 bridgehead atoms. The molecule has 1 fully saturated rings. The molecule has 182 valence electrons. The van der Waals surface area contributed by atoms with Crippen LogP contribution < -0.4 is 15.0 Å². The van der Waals surface area contributed by atoms with Crippen LogP contribution in [0.1, 0.15) is 89.1 Å². The molecule has 0 atom stereocenters. The number of fused-ring (bicyclic) bond motifs is 1. The predicted molar refractivity (Wildman–Crippen MR) is 137 cm³/mol. The minimum Gasteiger partial charge on any atom is -0.476 e. The quantitative estimate of drug-likeness (QED) is 0.564. The Hall–Kier alpha value is -2.15. The Bertz CT molecular complexity index is 906. The molecule has 0 aromatic heterocycles. The Balaban J connectivity index is 1.96. The lowest BCUT2D eigenvalue weighted by atomic mass is 9.92. The number of nitrogens with zero attached hydrogens (tertiary/aromatic N) is 2. The van der Waals surface area contributed by atoms with Gasteiger partial charge < -0.3 is 19.9 Å². The van der Waals surface area contributed by atoms with Crippen LogP contribution >= 0.6 is 12.2 Å². The van der Waals surface area contributed by atoms with Gasteiger partial charge in [-0.15, -0.1) is 0 Å². The van der Waals surface area contributed by atoms with E-state index in [0.717, 1.165) is 29.8 Å². The monoisotopic (exact) mass is 473 g/mol. The molecule has 2 aliphatic rings. The number of hydrogen-bond acceptors (Lipinski definition) is 4. The molecule has 0 saturated heterocycles. The van der Waals surface area contributed by atoms with E-state index in [-0.39, 0.29) is 23.9 Å². The maximum atomic E-state index is 13.8. The molecule has 0 spiro atoms. The van der Waals surface area contributed by atoms with Crippen molar-refractivity contribution < 1.29 is 14.3 Å². The Morgan fingerprint density at radius 3 is 2.55 bits per heavy atom. The summed E-state index contributed by atoms with van der Waals surface area (Å²) in [7, 11) is 0. The van der Waals surface area contributed by atoms with Crippen molar-refractivity contribution in [2.75, 3.05) is 18.0 Å². The van der Waals surface area contributed by atoms with Crippen molar-refractivity contribution in [1.82, 2.24) is 10.2 Å². The Morgan fingerprint density at radius 1 is 1.27 bits per heavy atom. The number of amides is 2. The van der Waals surface area contributed by atoms with Crippen molar-refractivity contribution in [1.29, 1.82) is 0 Å². The van der Waals surface area contributed by atoms with Crippen LogP contribution in [0.5, 0.6) is 5.75 Å². The predicted octanol–water partition coefficient (Wildman–Crippen LogP) is 5.01. The molecule has 7 heteroatoms. The molecule has 1 aromatic rings. The number of ether oxygens (including phenoxy) is 1. The van der Waals surface area contributed by atoms with Gasteiger partial charge in [0, 0.05) is 30.7 Å². The van der Waals surface area contributed by atoms with Crippen LogP contribution in [-0.4, -0.2) is 52.5 Å². The van der Waals surface area contributed by atoms with Gasteiger partial charge in [-0.1, -0.05) is 38.4 Å². The summed E-state index contributed by atoms with van der Waals surface area (Å²) in [4.78, 5) is 31.6. The van der Waals surface area contributed by atoms with Gasteiger partial charge in [0.25, 0.3) is 11.8 Å². The maximum Gasteiger partial charge on any atom is 0.270 e. The fourth-order valence-corrected chi connectivity index (χ4v) is 5.02. The van der Waals surface area contributed by atoms with Crippen LogP contribution in [0.2, 0.25) is 0 Å². The lowest BCUT2D eigenvalue weighted by Crippen LogP contribution is -2.54. The highest BCUT2D eigenvalue weighted by molar-refractivity contribution is 7.80. The molecule has 6 nitrogen and oxygen atoms in total. The number of benzene rings is 1. The average Bonchev–Trinajstić information content (AvgIpc) is 2.76. The van der Waals surface area contributed by atoms with Gasteiger partial charge in [0.15, 0.2) is 5.60 Å². The van der Waals surface area contributed by atoms with Gasteiger partial charge >= 0.3 is 0 Å². The first kappa shape index (κ1) is 25.5. The van der Waals surface area contributed by atoms with Gasteiger partial charge in [0.05, 0.1) is 10.7 Å². The van der Waals surface area contributed by atoms with Crippen molar-refractivity contribution in [3.8, 4) is 5.75 Å². The molecule has 0 radical (unpaired) electrons. The third kappa shape index (κ3) is 5.51. The zero-order chi connectivity index (χ0) is 24.3. The molecule has 1 saturated carbocycles. The number of hydrogen-bond donors (Lipinski definition) is 1. The fraction of sp³-hybridized carbons (Fsp3) is 0.654. The van der Waals surface area contributed by atoms with Crippen LogP contribution in [0.15, 0.2) is 12.1 Å². The molecular formula is C26H39N3O3S. The largest absolute Gasteiger partial charge is 0.476 e. The number of rotatable bonds is 7. The second-order valence-electron chi connectivity index (χ2n) is 10.0. The van der Waals surface area contributed by atoms with Crippen molar-refractivity contribution >= 4 is 34.7 Å². The Labute approximate surface area is 204 Å². The zero-order valence-corrected chi connectivity index (χ0v) is 21.8. The van der Waals surface area contributed by atoms with E-state index < -0.39 is 5.60 Å². The van der Waals surface area contributed by atoms with Gasteiger partial charge in [-0.2, -0.15) is 0 Å². The topological polar surface area (TPSA) is 61.9 Å². The molecule has 1 aliphatic carbocycles. The van der Waals surface area contributed by atoms with E-state index in [9.17, 15) is 9.59 Å². The summed E-state index contributed by atoms with van der Waals surface area (Å²) in [6.07, 6.45) is 6.45. The van der Waals surface area contributed by atoms with E-state index >= 15 is 0 Å². The summed E-state index contributed by atoms with van der Waals surface area (Å²) >= 11 is 5.27. The molecule has 2 amide bonds. The first-order valence-corrected chi connectivity index (χ1v) is 12.7. The minimum absolute atomic E-state index is 0.0414. The van der Waals surface area contributed by atoms with Gasteiger partial charge in [0.1, 0.15) is 5.75 Å². The van der Waals surface area contributed by atoms with E-state index in [4.69, 9.17) is 17.0 Å². The lowest BCUT2D eigenvalue weighted by molar-refractivity contribution is -0.132. The zero-order valence-electron chi connectivity index (χ0n) is 21.0. The number of carbonyl (C=O) groups is 2. The smallest absolute Gasteiger partial charge is 0.270 e. The highest BCUT2D eigenvalue weighted by Gasteiger charge is 2.41. The second-order valence-corrected chi connectivity index (χ2v) is 10.5. The highest BCUT2D eigenvalue weighted by atomic mass is 32.1. The molecule has 1 aromatic carbocycles. The third-order valence-corrected chi connectivity index (χ3v) is 7.12. The van der Waals surface area contributed by atoms with Crippen molar-refractivity contribution in [2.45, 2.75) is 97.8 Å². The first-order valence-electron chi connectivity index (χ1n) is 12.3. The summed E-state index contributed by atoms with van der Waals surface area (Å²) in [5.41, 5.74) is 1.20. The number of aryl methyl sites for hydroxylation is 1. The van der Waals surface area contributed by atoms with E-state index in [1.54, 1.807) is 18.7 Å². The summed E-state index contributed by atoms with van der Waals surface area (Å²) in [5.74, 6) is 0.565. The summed E-state index contributed by atoms with van der Waals surface area (Å²) in [5, 5.41) is 3.20. The molecule has 1 aliphatic heterocycles. The van der Waals surface area contributed by atoms with Crippen molar-refractivity contribution in [3.05, 3.63) is 23.3 Å². The van der Waals surface area contributed by atoms with Crippen LogP contribution in [-0.2, 0) is 4.79 Å². The van der Waals surface area contributed by atoms with Crippen LogP contribution in [0.3, 0.4) is 0 Å². The first-order chi connectivity index (χ1) is 15.6. The van der Waals surface area contributed by atoms with E-state index in [1.807, 2.05) is 26.0 Å². The number of carbonyl (C=O) groups excluding carboxylic acids is 2. The van der Waals surface area contributed by atoms with E-state index in [2.05, 4.69) is 24.1 Å². The standard InChI is InChI=1S/C26H39N3O3S/c1-7-23(33)27-13-14-28-21-16-20(18(4)15-22(21)32-26(5,6)25(28)31)24(30)29(17(2)3)19-11-9-8-10-12-19/h15-17,19H,7-14H2,1-6H3,(H,27,33). The molecule has 0 unspecified atom stereocenters. The Morgan fingerprint density at radius 2 is 1.94 bits per heavy atom. The van der Waals surface area contributed by atoms with Crippen LogP contribution in [0, 0.1) is 6.92 Å². The third-order valence-electron chi connectivity index (χ3n) is 6.69. The summed E-state index contributed by atoms with van der Waals surface area (Å²) in [6.45, 7) is 12.7. The normalized spacial score (nSPS) is 18.0. The molecule has 33 heavy (non-hydrogen) atoms. The maximum absolute atomic E-state index is 13.8. The second kappa shape index (κ2) is 10.4. The van der Waals surface area contributed by atoms with Crippen molar-refractivity contribution in [3.63, 3.8) is 0 Å². The minimum atomic E-state index is -0.970. The summed E-state index contributed by atoms with van der Waals surface area (Å²) < 4.78 is 6.09. The highest BCUT2D eigenvalue weighted by Crippen LogP contribution is 2.40. The fourth-order valence-electron chi connectivity index (χ4n) is 4.92. The van der Waals surface area contributed by atoms with Gasteiger partial charge in [-0.3, -0.25) is 9.59 Å². The van der Waals surface area contributed by atoms with E-state index in [1.165, 1.54) is 19.3 Å². The Kier molecular flexibility index (Phi) is 8.04. The molecule has 1 heterocycles. The average molecular weight is 474 g/mol. The van der Waals surface area contributed by atoms with Gasteiger partial charge in [-0.05, 0) is 71.6 Å². The molecular weight excluding hydrogens is 434 g/mol. The van der Waals surface area contributed by atoms with Crippen molar-refractivity contribution in [2.24, 2.45) is 0 Å². The summed E-state index contributed by atoms with van der Waals surface area (Å²) in [6, 6.07) is 4.15.